The maximum absolute atomic E-state index is 13.3. The number of thiazole rings is 1. The van der Waals surface area contributed by atoms with Crippen LogP contribution >= 0.6 is 23.7 Å². The number of carbonyl (C=O) groups excluding carboxylic acids is 1. The van der Waals surface area contributed by atoms with Gasteiger partial charge in [-0.15, -0.1) is 12.4 Å². The SMILES string of the molecule is Cc1cc2nc(N(CCCN3CCOCC3)C(=O)CCCS(=O)(=O)c3ccccc3)sc2cc1C.Cl. The molecule has 0 radical (unpaired) electrons. The number of benzene rings is 2. The highest BCUT2D eigenvalue weighted by Crippen LogP contribution is 2.31. The van der Waals surface area contributed by atoms with Crippen LogP contribution in [-0.4, -0.2) is 69.4 Å². The summed E-state index contributed by atoms with van der Waals surface area (Å²) >= 11 is 1.52. The minimum absolute atomic E-state index is 0. The minimum Gasteiger partial charge on any atom is -0.379 e. The first-order valence-corrected chi connectivity index (χ1v) is 14.6. The van der Waals surface area contributed by atoms with Gasteiger partial charge in [0.15, 0.2) is 15.0 Å². The average Bonchev–Trinajstić information content (AvgIpc) is 3.25. The molecule has 2 aromatic carbocycles. The number of ether oxygens (including phenoxy) is 1. The fraction of sp³-hybridized carbons (Fsp3) is 0.462. The van der Waals surface area contributed by atoms with E-state index in [0.717, 1.165) is 49.5 Å². The highest BCUT2D eigenvalue weighted by Gasteiger charge is 2.22. The Morgan fingerprint density at radius 1 is 1.08 bits per heavy atom. The Balaban J connectivity index is 0.00000361. The second-order valence-electron chi connectivity index (χ2n) is 8.99. The van der Waals surface area contributed by atoms with Gasteiger partial charge in [-0.2, -0.15) is 0 Å². The fourth-order valence-corrected chi connectivity index (χ4v) is 6.60. The molecule has 0 atom stereocenters. The number of carbonyl (C=O) groups is 1. The number of aromatic nitrogens is 1. The van der Waals surface area contributed by atoms with Crippen molar-refractivity contribution < 1.29 is 17.9 Å². The van der Waals surface area contributed by atoms with Crippen molar-refractivity contribution in [1.29, 1.82) is 0 Å². The van der Waals surface area contributed by atoms with Crippen molar-refractivity contribution in [3.05, 3.63) is 53.6 Å². The number of hydrogen-bond acceptors (Lipinski definition) is 7. The van der Waals surface area contributed by atoms with Crippen molar-refractivity contribution in [3.8, 4) is 0 Å². The molecule has 36 heavy (non-hydrogen) atoms. The largest absolute Gasteiger partial charge is 0.379 e. The molecule has 2 heterocycles. The monoisotopic (exact) mass is 551 g/mol. The number of anilines is 1. The third-order valence-electron chi connectivity index (χ3n) is 6.39. The molecule has 0 spiro atoms. The van der Waals surface area contributed by atoms with E-state index in [1.807, 2.05) is 0 Å². The van der Waals surface area contributed by atoms with Gasteiger partial charge in [0.25, 0.3) is 0 Å². The summed E-state index contributed by atoms with van der Waals surface area (Å²) in [6, 6.07) is 12.6. The van der Waals surface area contributed by atoms with Gasteiger partial charge in [-0.3, -0.25) is 14.6 Å². The lowest BCUT2D eigenvalue weighted by Crippen LogP contribution is -2.39. The summed E-state index contributed by atoms with van der Waals surface area (Å²) in [6.07, 6.45) is 1.26. The van der Waals surface area contributed by atoms with E-state index < -0.39 is 9.84 Å². The van der Waals surface area contributed by atoms with Gasteiger partial charge in [-0.05, 0) is 62.1 Å². The molecule has 0 N–H and O–H groups in total. The first kappa shape index (κ1) is 28.5. The van der Waals surface area contributed by atoms with Crippen LogP contribution in [0.4, 0.5) is 5.13 Å². The Morgan fingerprint density at radius 3 is 2.50 bits per heavy atom. The van der Waals surface area contributed by atoms with Crippen LogP contribution in [0.3, 0.4) is 0 Å². The number of sulfone groups is 1. The van der Waals surface area contributed by atoms with Gasteiger partial charge in [0, 0.05) is 32.6 Å². The number of nitrogens with zero attached hydrogens (tertiary/aromatic N) is 3. The summed E-state index contributed by atoms with van der Waals surface area (Å²) in [5.41, 5.74) is 3.26. The zero-order chi connectivity index (χ0) is 24.8. The average molecular weight is 552 g/mol. The molecule has 1 amide bonds. The van der Waals surface area contributed by atoms with Gasteiger partial charge in [0.05, 0.1) is 34.1 Å². The van der Waals surface area contributed by atoms with Crippen LogP contribution in [0.25, 0.3) is 10.2 Å². The highest BCUT2D eigenvalue weighted by atomic mass is 35.5. The molecule has 1 saturated heterocycles. The van der Waals surface area contributed by atoms with E-state index in [4.69, 9.17) is 9.72 Å². The van der Waals surface area contributed by atoms with Crippen molar-refractivity contribution in [1.82, 2.24) is 9.88 Å². The summed E-state index contributed by atoms with van der Waals surface area (Å²) in [7, 11) is -3.41. The van der Waals surface area contributed by atoms with Crippen molar-refractivity contribution in [2.45, 2.75) is 38.0 Å². The Labute approximate surface area is 223 Å². The third-order valence-corrected chi connectivity index (χ3v) is 9.25. The first-order chi connectivity index (χ1) is 16.8. The molecule has 1 aliphatic rings. The number of hydrogen-bond donors (Lipinski definition) is 0. The second-order valence-corrected chi connectivity index (χ2v) is 12.1. The van der Waals surface area contributed by atoms with Gasteiger partial charge >= 0.3 is 0 Å². The standard InChI is InChI=1S/C26H33N3O4S2.ClH/c1-20-18-23-24(19-21(20)2)34-26(27-23)29(12-7-11-28-13-15-33-16-14-28)25(30)10-6-17-35(31,32)22-8-4-3-5-9-22;/h3-5,8-9,18-19H,6-7,10-17H2,1-2H3;1H. The van der Waals surface area contributed by atoms with Gasteiger partial charge in [0.2, 0.25) is 5.91 Å². The zero-order valence-corrected chi connectivity index (χ0v) is 23.3. The van der Waals surface area contributed by atoms with Crippen LogP contribution in [0, 0.1) is 13.8 Å². The second kappa shape index (κ2) is 13.0. The van der Waals surface area contributed by atoms with E-state index in [2.05, 4.69) is 30.9 Å². The van der Waals surface area contributed by atoms with Gasteiger partial charge in [-0.1, -0.05) is 29.5 Å². The van der Waals surface area contributed by atoms with Crippen molar-refractivity contribution in [2.24, 2.45) is 0 Å². The van der Waals surface area contributed by atoms with Crippen molar-refractivity contribution in [2.75, 3.05) is 50.0 Å². The molecule has 1 fully saturated rings. The van der Waals surface area contributed by atoms with E-state index in [1.54, 1.807) is 35.2 Å². The third kappa shape index (κ3) is 7.26. The smallest absolute Gasteiger partial charge is 0.228 e. The molecule has 1 aromatic heterocycles. The van der Waals surface area contributed by atoms with Crippen LogP contribution in [0.1, 0.15) is 30.4 Å². The van der Waals surface area contributed by atoms with Crippen LogP contribution in [-0.2, 0) is 19.4 Å². The summed E-state index contributed by atoms with van der Waals surface area (Å²) in [6.45, 7) is 8.89. The van der Waals surface area contributed by atoms with Crippen molar-refractivity contribution >= 4 is 54.8 Å². The lowest BCUT2D eigenvalue weighted by molar-refractivity contribution is -0.118. The summed E-state index contributed by atoms with van der Waals surface area (Å²) < 4.78 is 31.7. The molecule has 0 unspecified atom stereocenters. The molecule has 3 aromatic rings. The number of halogens is 1. The molecule has 0 saturated carbocycles. The van der Waals surface area contributed by atoms with E-state index in [-0.39, 0.29) is 36.9 Å². The number of amides is 1. The number of fused-ring (bicyclic) bond motifs is 1. The molecule has 10 heteroatoms. The molecule has 0 aliphatic carbocycles. The van der Waals surface area contributed by atoms with E-state index in [9.17, 15) is 13.2 Å². The van der Waals surface area contributed by atoms with Gasteiger partial charge in [-0.25, -0.2) is 13.4 Å². The Bertz CT molecular complexity index is 1220. The van der Waals surface area contributed by atoms with Crippen LogP contribution in [0.2, 0.25) is 0 Å². The minimum atomic E-state index is -3.41. The Morgan fingerprint density at radius 2 is 1.78 bits per heavy atom. The molecule has 0 bridgehead atoms. The number of aryl methyl sites for hydroxylation is 2. The first-order valence-electron chi connectivity index (χ1n) is 12.1. The molecular formula is C26H34ClN3O4S2. The van der Waals surface area contributed by atoms with E-state index >= 15 is 0 Å². The predicted molar refractivity (Wildman–Crippen MR) is 148 cm³/mol. The van der Waals surface area contributed by atoms with Crippen molar-refractivity contribution in [3.63, 3.8) is 0 Å². The Hall–Kier alpha value is -2.04. The normalized spacial score (nSPS) is 14.5. The van der Waals surface area contributed by atoms with E-state index in [0.29, 0.717) is 16.6 Å². The quantitative estimate of drug-likeness (QED) is 0.365. The number of morpholine rings is 1. The molecule has 196 valence electrons. The lowest BCUT2D eigenvalue weighted by Gasteiger charge is -2.27. The highest BCUT2D eigenvalue weighted by molar-refractivity contribution is 7.91. The topological polar surface area (TPSA) is 79.8 Å². The lowest BCUT2D eigenvalue weighted by atomic mass is 10.1. The maximum Gasteiger partial charge on any atom is 0.228 e. The Kier molecular flexibility index (Phi) is 10.3. The maximum atomic E-state index is 13.3. The van der Waals surface area contributed by atoms with Crippen LogP contribution in [0.15, 0.2) is 47.4 Å². The van der Waals surface area contributed by atoms with Crippen LogP contribution in [0.5, 0.6) is 0 Å². The number of rotatable bonds is 10. The molecular weight excluding hydrogens is 518 g/mol. The predicted octanol–water partition coefficient (Wildman–Crippen LogP) is 4.64. The van der Waals surface area contributed by atoms with Gasteiger partial charge in [0.1, 0.15) is 0 Å². The summed E-state index contributed by atoms with van der Waals surface area (Å²) in [5, 5.41) is 0.683. The fourth-order valence-electron chi connectivity index (χ4n) is 4.18. The zero-order valence-electron chi connectivity index (χ0n) is 20.8. The molecule has 1 aliphatic heterocycles. The summed E-state index contributed by atoms with van der Waals surface area (Å²) in [5.74, 6) is -0.134. The molecule has 7 nitrogen and oxygen atoms in total. The summed E-state index contributed by atoms with van der Waals surface area (Å²) in [4.78, 5) is 22.5. The van der Waals surface area contributed by atoms with Crippen LogP contribution < -0.4 is 4.90 Å². The molecule has 4 rings (SSSR count). The van der Waals surface area contributed by atoms with Gasteiger partial charge < -0.3 is 4.74 Å². The van der Waals surface area contributed by atoms with E-state index in [1.165, 1.54) is 22.5 Å².